The molecule has 154 valence electrons. The molecule has 0 aliphatic rings. The second-order valence-electron chi connectivity index (χ2n) is 7.32. The lowest BCUT2D eigenvalue weighted by molar-refractivity contribution is -0.113. The first-order valence-corrected chi connectivity index (χ1v) is 11.6. The molecule has 29 heavy (non-hydrogen) atoms. The zero-order valence-corrected chi connectivity index (χ0v) is 19.2. The highest BCUT2D eigenvalue weighted by molar-refractivity contribution is 7.99. The van der Waals surface area contributed by atoms with E-state index in [1.165, 1.54) is 34.2 Å². The minimum absolute atomic E-state index is 0.0897. The average molecular weight is 430 g/mol. The summed E-state index contributed by atoms with van der Waals surface area (Å²) in [5, 5.41) is 14.8. The summed E-state index contributed by atoms with van der Waals surface area (Å²) in [7, 11) is 0. The lowest BCUT2D eigenvalue weighted by Crippen LogP contribution is -2.15. The van der Waals surface area contributed by atoms with Crippen molar-refractivity contribution >= 4 is 34.1 Å². The smallest absolute Gasteiger partial charge is 0.236 e. The second-order valence-corrected chi connectivity index (χ2v) is 9.12. The minimum atomic E-state index is -0.0897. The van der Waals surface area contributed by atoms with Crippen LogP contribution in [0.1, 0.15) is 50.1 Å². The van der Waals surface area contributed by atoms with Gasteiger partial charge in [-0.15, -0.1) is 21.5 Å². The number of aryl methyl sites for hydroxylation is 2. The summed E-state index contributed by atoms with van der Waals surface area (Å²) in [5.41, 5.74) is 4.43. The van der Waals surface area contributed by atoms with Crippen LogP contribution in [0.4, 0.5) is 5.13 Å². The van der Waals surface area contributed by atoms with E-state index in [4.69, 9.17) is 0 Å². The van der Waals surface area contributed by atoms with Gasteiger partial charge in [0.1, 0.15) is 5.82 Å². The van der Waals surface area contributed by atoms with Gasteiger partial charge in [-0.3, -0.25) is 4.79 Å². The van der Waals surface area contributed by atoms with Crippen LogP contribution in [0.25, 0.3) is 11.3 Å². The Morgan fingerprint density at radius 1 is 1.24 bits per heavy atom. The topological polar surface area (TPSA) is 72.7 Å². The Morgan fingerprint density at radius 3 is 2.72 bits per heavy atom. The first-order chi connectivity index (χ1) is 13.9. The maximum atomic E-state index is 12.4. The van der Waals surface area contributed by atoms with Crippen molar-refractivity contribution in [1.29, 1.82) is 0 Å². The van der Waals surface area contributed by atoms with E-state index in [2.05, 4.69) is 77.9 Å². The van der Waals surface area contributed by atoms with Crippen molar-refractivity contribution < 1.29 is 4.79 Å². The molecule has 0 radical (unpaired) electrons. The van der Waals surface area contributed by atoms with Gasteiger partial charge < -0.3 is 9.88 Å². The third-order valence-corrected chi connectivity index (χ3v) is 6.32. The Labute approximate surface area is 180 Å². The third kappa shape index (κ3) is 5.25. The number of nitrogens with one attached hydrogen (secondary N) is 1. The second kappa shape index (κ2) is 9.54. The molecule has 2 heterocycles. The van der Waals surface area contributed by atoms with Gasteiger partial charge in [-0.25, -0.2) is 4.98 Å². The minimum Gasteiger partial charge on any atom is -0.306 e. The van der Waals surface area contributed by atoms with E-state index in [1.54, 1.807) is 0 Å². The Hall–Kier alpha value is -2.19. The Bertz CT molecular complexity index is 993. The van der Waals surface area contributed by atoms with Gasteiger partial charge in [0.25, 0.3) is 0 Å². The van der Waals surface area contributed by atoms with E-state index in [0.29, 0.717) is 11.0 Å². The number of rotatable bonds is 8. The number of carbonyl (C=O) groups excluding carboxylic acids is 1. The van der Waals surface area contributed by atoms with Crippen molar-refractivity contribution in [3.05, 3.63) is 40.5 Å². The van der Waals surface area contributed by atoms with Gasteiger partial charge in [-0.2, -0.15) is 0 Å². The van der Waals surface area contributed by atoms with Gasteiger partial charge in [0, 0.05) is 23.4 Å². The number of thiazole rings is 1. The lowest BCUT2D eigenvalue weighted by Gasteiger charge is -2.10. The molecule has 3 aromatic rings. The molecule has 0 saturated carbocycles. The SMILES string of the molecule is CCCn1c(SCC(=O)Nc2nc(-c3ccc(C)c(C)c3)cs2)nnc1C(C)C. The molecule has 0 bridgehead atoms. The van der Waals surface area contributed by atoms with Gasteiger partial charge in [0.2, 0.25) is 5.91 Å². The Morgan fingerprint density at radius 2 is 2.03 bits per heavy atom. The molecule has 0 saturated heterocycles. The fraction of sp³-hybridized carbons (Fsp3) is 0.429. The van der Waals surface area contributed by atoms with Gasteiger partial charge in [-0.1, -0.05) is 44.7 Å². The first-order valence-electron chi connectivity index (χ1n) is 9.78. The van der Waals surface area contributed by atoms with Crippen LogP contribution in [0, 0.1) is 13.8 Å². The summed E-state index contributed by atoms with van der Waals surface area (Å²) < 4.78 is 2.11. The molecule has 0 spiro atoms. The Balaban J connectivity index is 1.62. The molecule has 6 nitrogen and oxygen atoms in total. The van der Waals surface area contributed by atoms with Crippen LogP contribution >= 0.6 is 23.1 Å². The highest BCUT2D eigenvalue weighted by atomic mass is 32.2. The molecule has 2 aromatic heterocycles. The number of benzene rings is 1. The van der Waals surface area contributed by atoms with Crippen LogP contribution < -0.4 is 5.32 Å². The molecule has 0 fully saturated rings. The number of thioether (sulfide) groups is 1. The standard InChI is InChI=1S/C21H27N5OS2/c1-6-9-26-19(13(2)3)24-25-21(26)29-12-18(27)23-20-22-17(11-28-20)16-8-7-14(4)15(5)10-16/h7-8,10-11,13H,6,9,12H2,1-5H3,(H,22,23,27). The van der Waals surface area contributed by atoms with Crippen LogP contribution in [0.3, 0.4) is 0 Å². The first kappa shape index (κ1) is 21.5. The fourth-order valence-corrected chi connectivity index (χ4v) is 4.43. The van der Waals surface area contributed by atoms with Crippen molar-refractivity contribution in [2.45, 2.75) is 58.7 Å². The molecule has 1 N–H and O–H groups in total. The summed E-state index contributed by atoms with van der Waals surface area (Å²) in [6.07, 6.45) is 0.998. The molecular formula is C21H27N5OS2. The number of hydrogen-bond donors (Lipinski definition) is 1. The van der Waals surface area contributed by atoms with Gasteiger partial charge in [-0.05, 0) is 37.5 Å². The lowest BCUT2D eigenvalue weighted by atomic mass is 10.1. The van der Waals surface area contributed by atoms with E-state index in [9.17, 15) is 4.79 Å². The quantitative estimate of drug-likeness (QED) is 0.493. The predicted molar refractivity (Wildman–Crippen MR) is 121 cm³/mol. The Kier molecular flexibility index (Phi) is 7.08. The third-order valence-electron chi connectivity index (χ3n) is 4.59. The maximum absolute atomic E-state index is 12.4. The molecular weight excluding hydrogens is 402 g/mol. The monoisotopic (exact) mass is 429 g/mol. The zero-order valence-electron chi connectivity index (χ0n) is 17.5. The van der Waals surface area contributed by atoms with Crippen LogP contribution in [0.5, 0.6) is 0 Å². The maximum Gasteiger partial charge on any atom is 0.236 e. The van der Waals surface area contributed by atoms with E-state index in [0.717, 1.165) is 35.2 Å². The van der Waals surface area contributed by atoms with Gasteiger partial charge >= 0.3 is 0 Å². The molecule has 0 unspecified atom stereocenters. The van der Waals surface area contributed by atoms with E-state index in [1.807, 2.05) is 5.38 Å². The van der Waals surface area contributed by atoms with Crippen LogP contribution in [-0.4, -0.2) is 31.4 Å². The van der Waals surface area contributed by atoms with Crippen LogP contribution in [0.15, 0.2) is 28.7 Å². The number of nitrogens with zero attached hydrogens (tertiary/aromatic N) is 4. The molecule has 1 aromatic carbocycles. The summed E-state index contributed by atoms with van der Waals surface area (Å²) in [6.45, 7) is 11.4. The molecule has 0 aliphatic heterocycles. The van der Waals surface area contributed by atoms with E-state index in [-0.39, 0.29) is 11.7 Å². The fourth-order valence-electron chi connectivity index (χ4n) is 2.92. The predicted octanol–water partition coefficient (Wildman–Crippen LogP) is 5.28. The largest absolute Gasteiger partial charge is 0.306 e. The van der Waals surface area contributed by atoms with Crippen molar-refractivity contribution in [2.75, 3.05) is 11.1 Å². The van der Waals surface area contributed by atoms with Crippen molar-refractivity contribution in [1.82, 2.24) is 19.7 Å². The highest BCUT2D eigenvalue weighted by Crippen LogP contribution is 2.27. The van der Waals surface area contributed by atoms with E-state index < -0.39 is 0 Å². The van der Waals surface area contributed by atoms with Gasteiger partial charge in [0.15, 0.2) is 10.3 Å². The molecule has 0 atom stereocenters. The van der Waals surface area contributed by atoms with Crippen LogP contribution in [0.2, 0.25) is 0 Å². The zero-order chi connectivity index (χ0) is 21.0. The van der Waals surface area contributed by atoms with E-state index >= 15 is 0 Å². The number of aromatic nitrogens is 4. The van der Waals surface area contributed by atoms with Crippen molar-refractivity contribution in [3.8, 4) is 11.3 Å². The van der Waals surface area contributed by atoms with Crippen molar-refractivity contribution in [2.24, 2.45) is 0 Å². The van der Waals surface area contributed by atoms with Gasteiger partial charge in [0.05, 0.1) is 11.4 Å². The number of carbonyl (C=O) groups is 1. The number of anilines is 1. The number of hydrogen-bond acceptors (Lipinski definition) is 6. The van der Waals surface area contributed by atoms with Crippen LogP contribution in [-0.2, 0) is 11.3 Å². The average Bonchev–Trinajstić information content (AvgIpc) is 3.30. The number of amides is 1. The summed E-state index contributed by atoms with van der Waals surface area (Å²) in [5.74, 6) is 1.45. The molecule has 1 amide bonds. The summed E-state index contributed by atoms with van der Waals surface area (Å²) in [4.78, 5) is 17.0. The summed E-state index contributed by atoms with van der Waals surface area (Å²) >= 11 is 2.85. The summed E-state index contributed by atoms with van der Waals surface area (Å²) in [6, 6.07) is 6.28. The normalized spacial score (nSPS) is 11.2. The molecule has 8 heteroatoms. The molecule has 3 rings (SSSR count). The molecule has 0 aliphatic carbocycles. The van der Waals surface area contributed by atoms with Crippen molar-refractivity contribution in [3.63, 3.8) is 0 Å². The highest BCUT2D eigenvalue weighted by Gasteiger charge is 2.16.